The first-order chi connectivity index (χ1) is 14.4. The zero-order valence-corrected chi connectivity index (χ0v) is 19.1. The summed E-state index contributed by atoms with van der Waals surface area (Å²) < 4.78 is 7.00. The Morgan fingerprint density at radius 2 is 2.00 bits per heavy atom. The molecule has 0 spiro atoms. The zero-order valence-electron chi connectivity index (χ0n) is 18.3. The number of carbonyl (C=O) groups is 1. The van der Waals surface area contributed by atoms with Crippen molar-refractivity contribution in [3.63, 3.8) is 0 Å². The van der Waals surface area contributed by atoms with Crippen LogP contribution in [-0.2, 0) is 16.0 Å². The van der Waals surface area contributed by atoms with E-state index in [4.69, 9.17) is 9.72 Å². The Hall–Kier alpha value is -2.24. The lowest BCUT2D eigenvalue weighted by molar-refractivity contribution is -0.118. The molecule has 1 aliphatic rings. The maximum atomic E-state index is 13.4. The summed E-state index contributed by atoms with van der Waals surface area (Å²) in [5, 5.41) is 0.776. The van der Waals surface area contributed by atoms with E-state index in [9.17, 15) is 4.79 Å². The molecular formula is C25H30N2O2S. The van der Waals surface area contributed by atoms with E-state index in [1.807, 2.05) is 4.90 Å². The molecule has 2 heterocycles. The third kappa shape index (κ3) is 4.57. The number of amides is 1. The Morgan fingerprint density at radius 3 is 2.67 bits per heavy atom. The molecule has 5 heteroatoms. The number of hydrogen-bond donors (Lipinski definition) is 0. The number of aromatic nitrogens is 1. The van der Waals surface area contributed by atoms with Crippen LogP contribution in [0.3, 0.4) is 0 Å². The number of anilines is 1. The average Bonchev–Trinajstić information content (AvgIpc) is 3.36. The van der Waals surface area contributed by atoms with Crippen LogP contribution >= 0.6 is 11.3 Å². The van der Waals surface area contributed by atoms with E-state index in [0.717, 1.165) is 40.4 Å². The molecule has 1 amide bonds. The number of nitrogens with zero attached hydrogens (tertiary/aromatic N) is 2. The van der Waals surface area contributed by atoms with Gasteiger partial charge in [-0.25, -0.2) is 4.98 Å². The highest BCUT2D eigenvalue weighted by atomic mass is 32.1. The summed E-state index contributed by atoms with van der Waals surface area (Å²) in [4.78, 5) is 20.1. The third-order valence-electron chi connectivity index (χ3n) is 5.75. The molecule has 2 aromatic carbocycles. The van der Waals surface area contributed by atoms with Gasteiger partial charge < -0.3 is 4.74 Å². The van der Waals surface area contributed by atoms with E-state index in [-0.39, 0.29) is 12.0 Å². The van der Waals surface area contributed by atoms with Crippen LogP contribution in [0.5, 0.6) is 0 Å². The van der Waals surface area contributed by atoms with Crippen LogP contribution in [0.1, 0.15) is 54.9 Å². The maximum absolute atomic E-state index is 13.4. The van der Waals surface area contributed by atoms with Crippen molar-refractivity contribution < 1.29 is 9.53 Å². The summed E-state index contributed by atoms with van der Waals surface area (Å²) in [6.45, 7) is 9.91. The van der Waals surface area contributed by atoms with Crippen LogP contribution in [0.2, 0.25) is 0 Å². The SMILES string of the molecule is Cc1cc(C)c2sc(N(CC3CCCO3)C(=O)Cc3ccc(C(C)C)cc3)nc2c1. The van der Waals surface area contributed by atoms with Crippen molar-refractivity contribution in [3.05, 3.63) is 58.7 Å². The molecule has 1 aromatic heterocycles. The molecule has 1 atom stereocenters. The normalized spacial score (nSPS) is 16.5. The van der Waals surface area contributed by atoms with Crippen molar-refractivity contribution in [3.8, 4) is 0 Å². The van der Waals surface area contributed by atoms with Crippen LogP contribution in [0.4, 0.5) is 5.13 Å². The lowest BCUT2D eigenvalue weighted by Gasteiger charge is -2.23. The van der Waals surface area contributed by atoms with Gasteiger partial charge in [0.25, 0.3) is 0 Å². The van der Waals surface area contributed by atoms with Gasteiger partial charge in [0.05, 0.1) is 29.3 Å². The van der Waals surface area contributed by atoms with Gasteiger partial charge in [0.2, 0.25) is 5.91 Å². The topological polar surface area (TPSA) is 42.4 Å². The van der Waals surface area contributed by atoms with E-state index in [0.29, 0.717) is 18.9 Å². The highest BCUT2D eigenvalue weighted by molar-refractivity contribution is 7.22. The van der Waals surface area contributed by atoms with Crippen molar-refractivity contribution >= 4 is 32.6 Å². The molecule has 0 N–H and O–H groups in total. The molecule has 0 radical (unpaired) electrons. The van der Waals surface area contributed by atoms with E-state index in [2.05, 4.69) is 64.1 Å². The fourth-order valence-electron chi connectivity index (χ4n) is 4.05. The lowest BCUT2D eigenvalue weighted by Crippen LogP contribution is -2.38. The van der Waals surface area contributed by atoms with E-state index in [1.54, 1.807) is 11.3 Å². The quantitative estimate of drug-likeness (QED) is 0.505. The predicted molar refractivity (Wildman–Crippen MR) is 125 cm³/mol. The minimum atomic E-state index is 0.0798. The van der Waals surface area contributed by atoms with Crippen LogP contribution in [0.15, 0.2) is 36.4 Å². The molecule has 4 nitrogen and oxygen atoms in total. The Labute approximate surface area is 182 Å². The second-order valence-corrected chi connectivity index (χ2v) is 9.62. The minimum absolute atomic E-state index is 0.0798. The number of rotatable bonds is 6. The summed E-state index contributed by atoms with van der Waals surface area (Å²) in [5.41, 5.74) is 5.70. The molecular weight excluding hydrogens is 392 g/mol. The van der Waals surface area contributed by atoms with Gasteiger partial charge in [0.1, 0.15) is 0 Å². The number of ether oxygens (including phenoxy) is 1. The predicted octanol–water partition coefficient (Wildman–Crippen LogP) is 5.79. The van der Waals surface area contributed by atoms with Crippen LogP contribution in [0, 0.1) is 13.8 Å². The average molecular weight is 423 g/mol. The number of carbonyl (C=O) groups excluding carboxylic acids is 1. The molecule has 30 heavy (non-hydrogen) atoms. The van der Waals surface area contributed by atoms with Gasteiger partial charge in [0, 0.05) is 6.61 Å². The monoisotopic (exact) mass is 422 g/mol. The molecule has 1 unspecified atom stereocenters. The molecule has 3 aromatic rings. The number of thiazole rings is 1. The van der Waals surface area contributed by atoms with E-state index >= 15 is 0 Å². The van der Waals surface area contributed by atoms with Gasteiger partial charge in [0.15, 0.2) is 5.13 Å². The second-order valence-electron chi connectivity index (χ2n) is 8.64. The second kappa shape index (κ2) is 8.86. The van der Waals surface area contributed by atoms with Crippen LogP contribution in [-0.4, -0.2) is 30.1 Å². The molecule has 1 fully saturated rings. The zero-order chi connectivity index (χ0) is 21.3. The minimum Gasteiger partial charge on any atom is -0.376 e. The van der Waals surface area contributed by atoms with Gasteiger partial charge in [-0.3, -0.25) is 9.69 Å². The third-order valence-corrected chi connectivity index (χ3v) is 6.98. The highest BCUT2D eigenvalue weighted by Crippen LogP contribution is 2.33. The van der Waals surface area contributed by atoms with Gasteiger partial charge in [-0.15, -0.1) is 0 Å². The summed E-state index contributed by atoms with van der Waals surface area (Å²) in [6, 6.07) is 12.7. The number of fused-ring (bicyclic) bond motifs is 1. The molecule has 0 saturated carbocycles. The van der Waals surface area contributed by atoms with Crippen LogP contribution in [0.25, 0.3) is 10.2 Å². The molecule has 0 aliphatic carbocycles. The Bertz CT molecular complexity index is 1030. The fraction of sp³-hybridized carbons (Fsp3) is 0.440. The number of hydrogen-bond acceptors (Lipinski definition) is 4. The highest BCUT2D eigenvalue weighted by Gasteiger charge is 2.26. The van der Waals surface area contributed by atoms with Crippen molar-refractivity contribution in [1.82, 2.24) is 4.98 Å². The first-order valence-corrected chi connectivity index (χ1v) is 11.6. The summed E-state index contributed by atoms with van der Waals surface area (Å²) in [5.74, 6) is 0.566. The summed E-state index contributed by atoms with van der Waals surface area (Å²) in [6.07, 6.45) is 2.52. The van der Waals surface area contributed by atoms with Gasteiger partial charge in [-0.1, -0.05) is 55.5 Å². The Kier molecular flexibility index (Phi) is 6.21. The van der Waals surface area contributed by atoms with Gasteiger partial charge >= 0.3 is 0 Å². The fourth-order valence-corrected chi connectivity index (χ4v) is 5.09. The Morgan fingerprint density at radius 1 is 1.23 bits per heavy atom. The lowest BCUT2D eigenvalue weighted by atomic mass is 10.0. The van der Waals surface area contributed by atoms with Gasteiger partial charge in [-0.2, -0.15) is 0 Å². The maximum Gasteiger partial charge on any atom is 0.233 e. The smallest absolute Gasteiger partial charge is 0.233 e. The molecule has 158 valence electrons. The molecule has 4 rings (SSSR count). The Balaban J connectivity index is 1.62. The molecule has 1 saturated heterocycles. The standard InChI is InChI=1S/C25H30N2O2S/c1-16(2)20-9-7-19(8-10-20)14-23(28)27(15-21-6-5-11-29-21)25-26-22-13-17(3)12-18(4)24(22)30-25/h7-10,12-13,16,21H,5-6,11,14-15H2,1-4H3. The number of aryl methyl sites for hydroxylation is 2. The van der Waals surface area contributed by atoms with Crippen molar-refractivity contribution in [2.45, 2.75) is 59.0 Å². The largest absolute Gasteiger partial charge is 0.376 e. The molecule has 1 aliphatic heterocycles. The number of benzene rings is 2. The first-order valence-electron chi connectivity index (χ1n) is 10.8. The van der Waals surface area contributed by atoms with Crippen LogP contribution < -0.4 is 4.90 Å². The summed E-state index contributed by atoms with van der Waals surface area (Å²) in [7, 11) is 0. The van der Waals surface area contributed by atoms with E-state index in [1.165, 1.54) is 16.7 Å². The van der Waals surface area contributed by atoms with Crippen molar-refractivity contribution in [1.29, 1.82) is 0 Å². The van der Waals surface area contributed by atoms with Crippen molar-refractivity contribution in [2.24, 2.45) is 0 Å². The van der Waals surface area contributed by atoms with E-state index < -0.39 is 0 Å². The first kappa shape index (κ1) is 21.0. The van der Waals surface area contributed by atoms with Gasteiger partial charge in [-0.05, 0) is 60.9 Å². The summed E-state index contributed by atoms with van der Waals surface area (Å²) >= 11 is 1.61. The van der Waals surface area contributed by atoms with Crippen molar-refractivity contribution in [2.75, 3.05) is 18.1 Å². The molecule has 0 bridgehead atoms.